The van der Waals surface area contributed by atoms with E-state index in [9.17, 15) is 12.6 Å². The maximum absolute atomic E-state index is 14.9. The summed E-state index contributed by atoms with van der Waals surface area (Å²) in [4.78, 5) is 0.219. The predicted molar refractivity (Wildman–Crippen MR) is 203 cm³/mol. The Labute approximate surface area is 288 Å². The summed E-state index contributed by atoms with van der Waals surface area (Å²) in [6.07, 6.45) is 0.449. The van der Waals surface area contributed by atoms with Gasteiger partial charge in [-0.25, -0.2) is 21.3 Å². The Morgan fingerprint density at radius 3 is 1.77 bits per heavy atom. The molecule has 2 atom stereocenters. The number of para-hydroxylation sites is 1. The van der Waals surface area contributed by atoms with Gasteiger partial charge in [0.05, 0.1) is 32.2 Å². The number of aryl methyl sites for hydroxylation is 2. The van der Waals surface area contributed by atoms with Gasteiger partial charge in [-0.2, -0.15) is 0 Å². The second-order valence-corrected chi connectivity index (χ2v) is 19.1. The summed E-state index contributed by atoms with van der Waals surface area (Å²) < 4.78 is 48.3. The zero-order chi connectivity index (χ0) is 34.1. The molecule has 0 radical (unpaired) electrons. The molecule has 5 nitrogen and oxygen atoms in total. The summed E-state index contributed by atoms with van der Waals surface area (Å²) in [6, 6.07) is 42.8. The number of fused-ring (bicyclic) bond motifs is 1. The molecule has 48 heavy (non-hydrogen) atoms. The standard InChI is InChI=1S/C40H41N2O3PS2/c1-29-25-30(2)27-31(26-29)39(41-47(43)40(3,4)5)38-35-23-15-16-24-36(35)42(48(44,45)34-21-13-8-14-22-34)37(38)28-46(32-17-9-6-10-18-32)33-19-11-7-12-20-33/h6-27,39,41H,28H2,1-5H3/t39-,47+/m0/s1. The molecule has 1 heterocycles. The summed E-state index contributed by atoms with van der Waals surface area (Å²) in [5.74, 6) is 0. The number of aromatic nitrogens is 1. The average Bonchev–Trinajstić information content (AvgIpc) is 3.40. The van der Waals surface area contributed by atoms with Gasteiger partial charge >= 0.3 is 0 Å². The predicted octanol–water partition coefficient (Wildman–Crippen LogP) is 8.27. The van der Waals surface area contributed by atoms with Crippen LogP contribution < -0.4 is 15.3 Å². The van der Waals surface area contributed by atoms with E-state index < -0.39 is 39.7 Å². The van der Waals surface area contributed by atoms with Gasteiger partial charge in [-0.15, -0.1) is 0 Å². The Morgan fingerprint density at radius 2 is 1.23 bits per heavy atom. The summed E-state index contributed by atoms with van der Waals surface area (Å²) >= 11 is 0. The molecule has 0 aliphatic carbocycles. The van der Waals surface area contributed by atoms with Crippen molar-refractivity contribution < 1.29 is 12.6 Å². The molecule has 0 amide bonds. The molecule has 5 aromatic carbocycles. The average molecular weight is 693 g/mol. The van der Waals surface area contributed by atoms with Gasteiger partial charge in [-0.05, 0) is 76.9 Å². The van der Waals surface area contributed by atoms with Crippen molar-refractivity contribution in [3.8, 4) is 0 Å². The molecular weight excluding hydrogens is 652 g/mol. The van der Waals surface area contributed by atoms with Crippen molar-refractivity contribution in [2.75, 3.05) is 0 Å². The van der Waals surface area contributed by atoms with Crippen LogP contribution in [0.1, 0.15) is 54.8 Å². The maximum Gasteiger partial charge on any atom is 0.268 e. The SMILES string of the molecule is Cc1cc(C)cc([C@H](N[S@](=O)C(C)(C)C)c2c(CP(c3ccccc3)c3ccccc3)n(S(=O)(=O)c3ccccc3)c3ccccc23)c1. The zero-order valence-electron chi connectivity index (χ0n) is 27.9. The van der Waals surface area contributed by atoms with Crippen LogP contribution in [-0.2, 0) is 27.2 Å². The second-order valence-electron chi connectivity index (χ2n) is 13.1. The topological polar surface area (TPSA) is 68.2 Å². The minimum absolute atomic E-state index is 0.219. The second kappa shape index (κ2) is 13.9. The highest BCUT2D eigenvalue weighted by Crippen LogP contribution is 2.45. The molecule has 0 bridgehead atoms. The molecule has 1 N–H and O–H groups in total. The normalized spacial score (nSPS) is 13.5. The first-order chi connectivity index (χ1) is 22.9. The molecule has 0 aliphatic heterocycles. The van der Waals surface area contributed by atoms with Crippen LogP contribution in [0.4, 0.5) is 0 Å². The fraction of sp³-hybridized carbons (Fsp3) is 0.200. The third kappa shape index (κ3) is 6.97. The Balaban J connectivity index is 1.72. The highest BCUT2D eigenvalue weighted by molar-refractivity contribution is 7.90. The van der Waals surface area contributed by atoms with Gasteiger partial charge in [0.1, 0.15) is 0 Å². The van der Waals surface area contributed by atoms with E-state index in [-0.39, 0.29) is 4.90 Å². The molecule has 8 heteroatoms. The number of nitrogens with one attached hydrogen (secondary N) is 1. The highest BCUT2D eigenvalue weighted by Gasteiger charge is 2.35. The van der Waals surface area contributed by atoms with Crippen LogP contribution in [0.5, 0.6) is 0 Å². The van der Waals surface area contributed by atoms with Crippen LogP contribution in [0.2, 0.25) is 0 Å². The molecule has 0 fully saturated rings. The summed E-state index contributed by atoms with van der Waals surface area (Å²) in [7, 11) is -6.57. The van der Waals surface area contributed by atoms with Gasteiger partial charge in [-0.3, -0.25) is 0 Å². The van der Waals surface area contributed by atoms with Gasteiger partial charge in [0.2, 0.25) is 0 Å². The summed E-state index contributed by atoms with van der Waals surface area (Å²) in [5, 5.41) is 3.10. The van der Waals surface area contributed by atoms with Gasteiger partial charge < -0.3 is 0 Å². The maximum atomic E-state index is 14.9. The van der Waals surface area contributed by atoms with Crippen LogP contribution in [-0.4, -0.2) is 21.3 Å². The van der Waals surface area contributed by atoms with Crippen molar-refractivity contribution in [3.05, 3.63) is 161 Å². The molecule has 0 saturated carbocycles. The first-order valence-electron chi connectivity index (χ1n) is 16.0. The van der Waals surface area contributed by atoms with Crippen LogP contribution in [0.3, 0.4) is 0 Å². The third-order valence-corrected chi connectivity index (χ3v) is 14.1. The lowest BCUT2D eigenvalue weighted by Crippen LogP contribution is -2.36. The fourth-order valence-corrected chi connectivity index (χ4v) is 11.0. The number of rotatable bonds is 10. The quantitative estimate of drug-likeness (QED) is 0.147. The molecule has 1 aromatic heterocycles. The lowest BCUT2D eigenvalue weighted by molar-refractivity contribution is 0.587. The van der Waals surface area contributed by atoms with Gasteiger partial charge in [0.15, 0.2) is 0 Å². The molecule has 6 rings (SSSR count). The molecule has 6 aromatic rings. The van der Waals surface area contributed by atoms with Crippen molar-refractivity contribution in [1.82, 2.24) is 8.69 Å². The highest BCUT2D eigenvalue weighted by atomic mass is 32.2. The fourth-order valence-electron chi connectivity index (χ4n) is 6.18. The van der Waals surface area contributed by atoms with E-state index in [4.69, 9.17) is 0 Å². The number of hydrogen-bond donors (Lipinski definition) is 1. The molecule has 0 saturated heterocycles. The van der Waals surface area contributed by atoms with Crippen molar-refractivity contribution in [3.63, 3.8) is 0 Å². The number of nitrogens with zero attached hydrogens (tertiary/aromatic N) is 1. The summed E-state index contributed by atoms with van der Waals surface area (Å²) in [5.41, 5.74) is 5.21. The first-order valence-corrected chi connectivity index (χ1v) is 20.1. The van der Waals surface area contributed by atoms with Crippen LogP contribution >= 0.6 is 7.92 Å². The Hall–Kier alpha value is -3.87. The smallest absolute Gasteiger partial charge is 0.242 e. The minimum Gasteiger partial charge on any atom is -0.242 e. The Morgan fingerprint density at radius 1 is 0.729 bits per heavy atom. The molecule has 0 unspecified atom stereocenters. The van der Waals surface area contributed by atoms with E-state index in [1.54, 1.807) is 28.2 Å². The first kappa shape index (κ1) is 34.0. The van der Waals surface area contributed by atoms with E-state index in [0.29, 0.717) is 17.4 Å². The molecule has 246 valence electrons. The van der Waals surface area contributed by atoms with E-state index >= 15 is 0 Å². The van der Waals surface area contributed by atoms with Crippen LogP contribution in [0.15, 0.2) is 138 Å². The van der Waals surface area contributed by atoms with Crippen LogP contribution in [0.25, 0.3) is 10.9 Å². The van der Waals surface area contributed by atoms with Gasteiger partial charge in [0, 0.05) is 22.8 Å². The van der Waals surface area contributed by atoms with E-state index in [1.165, 1.54) is 0 Å². The zero-order valence-corrected chi connectivity index (χ0v) is 30.4. The van der Waals surface area contributed by atoms with Gasteiger partial charge in [0.25, 0.3) is 10.0 Å². The number of benzene rings is 5. The Kier molecular flexibility index (Phi) is 9.87. The minimum atomic E-state index is -4.05. The van der Waals surface area contributed by atoms with Crippen molar-refractivity contribution >= 4 is 50.4 Å². The van der Waals surface area contributed by atoms with E-state index in [2.05, 4.69) is 61.0 Å². The lowest BCUT2D eigenvalue weighted by Gasteiger charge is -2.28. The molecular formula is C40H41N2O3PS2. The third-order valence-electron chi connectivity index (χ3n) is 8.34. The monoisotopic (exact) mass is 692 g/mol. The van der Waals surface area contributed by atoms with E-state index in [0.717, 1.165) is 38.2 Å². The lowest BCUT2D eigenvalue weighted by atomic mass is 9.94. The molecule has 0 spiro atoms. The molecule has 0 aliphatic rings. The van der Waals surface area contributed by atoms with E-state index in [1.807, 2.05) is 87.5 Å². The van der Waals surface area contributed by atoms with Crippen molar-refractivity contribution in [2.24, 2.45) is 0 Å². The summed E-state index contributed by atoms with van der Waals surface area (Å²) in [6.45, 7) is 9.96. The van der Waals surface area contributed by atoms with Crippen LogP contribution in [0, 0.1) is 13.8 Å². The van der Waals surface area contributed by atoms with Crippen molar-refractivity contribution in [2.45, 2.75) is 56.5 Å². The Bertz CT molecular complexity index is 2120. The van der Waals surface area contributed by atoms with Crippen molar-refractivity contribution in [1.29, 1.82) is 0 Å². The van der Waals surface area contributed by atoms with Gasteiger partial charge in [-0.1, -0.05) is 126 Å². The number of hydrogen-bond acceptors (Lipinski definition) is 3. The largest absolute Gasteiger partial charge is 0.268 e.